The van der Waals surface area contributed by atoms with Crippen LogP contribution >= 0.6 is 0 Å². The van der Waals surface area contributed by atoms with Crippen molar-refractivity contribution in [3.05, 3.63) is 102 Å². The number of para-hydroxylation sites is 1. The zero-order valence-corrected chi connectivity index (χ0v) is 17.0. The molecule has 1 amide bonds. The second kappa shape index (κ2) is 9.27. The summed E-state index contributed by atoms with van der Waals surface area (Å²) < 4.78 is 5.33. The predicted octanol–water partition coefficient (Wildman–Crippen LogP) is 3.81. The van der Waals surface area contributed by atoms with E-state index in [4.69, 9.17) is 4.74 Å². The summed E-state index contributed by atoms with van der Waals surface area (Å²) in [5, 5.41) is 12.6. The monoisotopic (exact) mass is 403 g/mol. The van der Waals surface area contributed by atoms with Crippen molar-refractivity contribution in [1.82, 2.24) is 5.32 Å². The first-order valence-corrected chi connectivity index (χ1v) is 9.73. The van der Waals surface area contributed by atoms with Crippen molar-refractivity contribution in [2.45, 2.75) is 24.8 Å². The molecule has 0 aliphatic carbocycles. The molecule has 3 rings (SSSR count). The molecule has 5 nitrogen and oxygen atoms in total. The van der Waals surface area contributed by atoms with E-state index in [2.05, 4.69) is 5.32 Å². The maximum atomic E-state index is 13.5. The summed E-state index contributed by atoms with van der Waals surface area (Å²) in [5.41, 5.74) is 1.25. The van der Waals surface area contributed by atoms with Gasteiger partial charge in [0.25, 0.3) is 0 Å². The lowest BCUT2D eigenvalue weighted by Gasteiger charge is -2.31. The van der Waals surface area contributed by atoms with Gasteiger partial charge in [-0.25, -0.2) is 4.79 Å². The van der Waals surface area contributed by atoms with Gasteiger partial charge in [0.2, 0.25) is 5.91 Å². The molecule has 30 heavy (non-hydrogen) atoms. The van der Waals surface area contributed by atoms with Crippen molar-refractivity contribution in [3.63, 3.8) is 0 Å². The Morgan fingerprint density at radius 3 is 1.90 bits per heavy atom. The summed E-state index contributed by atoms with van der Waals surface area (Å²) in [5.74, 6) is -0.883. The van der Waals surface area contributed by atoms with Crippen molar-refractivity contribution >= 4 is 11.9 Å². The minimum atomic E-state index is -1.10. The van der Waals surface area contributed by atoms with E-state index >= 15 is 0 Å². The number of carbonyl (C=O) groups excluding carboxylic acids is 1. The number of aliphatic carboxylic acids is 1. The molecule has 3 aromatic rings. The van der Waals surface area contributed by atoms with Crippen LogP contribution in [0.15, 0.2) is 84.9 Å². The van der Waals surface area contributed by atoms with Gasteiger partial charge in [-0.1, -0.05) is 78.9 Å². The van der Waals surface area contributed by atoms with Crippen LogP contribution in [0.25, 0.3) is 0 Å². The van der Waals surface area contributed by atoms with E-state index in [9.17, 15) is 14.7 Å². The van der Waals surface area contributed by atoms with Gasteiger partial charge in [-0.3, -0.25) is 4.79 Å². The van der Waals surface area contributed by atoms with Crippen LogP contribution in [0.5, 0.6) is 5.75 Å². The molecule has 0 aliphatic rings. The van der Waals surface area contributed by atoms with Gasteiger partial charge < -0.3 is 15.2 Å². The normalized spacial score (nSPS) is 12.1. The van der Waals surface area contributed by atoms with E-state index in [1.54, 1.807) is 12.1 Å². The van der Waals surface area contributed by atoms with E-state index in [0.717, 1.165) is 11.1 Å². The molecule has 154 valence electrons. The lowest BCUT2D eigenvalue weighted by atomic mass is 9.75. The number of hydrogen-bond acceptors (Lipinski definition) is 3. The van der Waals surface area contributed by atoms with Gasteiger partial charge in [0.1, 0.15) is 11.8 Å². The molecule has 3 aromatic carbocycles. The van der Waals surface area contributed by atoms with Crippen LogP contribution in [0.1, 0.15) is 23.6 Å². The summed E-state index contributed by atoms with van der Waals surface area (Å²) in [4.78, 5) is 25.5. The number of amides is 1. The van der Waals surface area contributed by atoms with Crippen molar-refractivity contribution in [2.24, 2.45) is 0 Å². The molecular weight excluding hydrogens is 378 g/mol. The number of methoxy groups -OCH3 is 1. The maximum Gasteiger partial charge on any atom is 0.326 e. The second-order valence-electron chi connectivity index (χ2n) is 7.24. The smallest absolute Gasteiger partial charge is 0.326 e. The molecule has 5 heteroatoms. The molecule has 0 fully saturated rings. The fourth-order valence-corrected chi connectivity index (χ4v) is 3.57. The van der Waals surface area contributed by atoms with Gasteiger partial charge in [0.05, 0.1) is 12.5 Å². The molecule has 0 aliphatic heterocycles. The second-order valence-corrected chi connectivity index (χ2v) is 7.24. The van der Waals surface area contributed by atoms with Crippen LogP contribution in [0.2, 0.25) is 0 Å². The van der Waals surface area contributed by atoms with Gasteiger partial charge in [-0.2, -0.15) is 0 Å². The Kier molecular flexibility index (Phi) is 6.52. The summed E-state index contributed by atoms with van der Waals surface area (Å²) in [6.45, 7) is 1.81. The SMILES string of the molecule is COc1ccccc1C[C@H](NC(=O)C(C)(c1ccccc1)c1ccccc1)C(=O)O. The Balaban J connectivity index is 1.95. The first-order chi connectivity index (χ1) is 14.5. The molecule has 0 bridgehead atoms. The topological polar surface area (TPSA) is 75.6 Å². The summed E-state index contributed by atoms with van der Waals surface area (Å²) in [6, 6.07) is 24.9. The Labute approximate surface area is 176 Å². The maximum absolute atomic E-state index is 13.5. The molecule has 0 radical (unpaired) electrons. The van der Waals surface area contributed by atoms with E-state index < -0.39 is 17.4 Å². The highest BCUT2D eigenvalue weighted by molar-refractivity contribution is 5.94. The fraction of sp³-hybridized carbons (Fsp3) is 0.200. The first-order valence-electron chi connectivity index (χ1n) is 9.73. The van der Waals surface area contributed by atoms with E-state index in [1.807, 2.05) is 79.7 Å². The van der Waals surface area contributed by atoms with Crippen LogP contribution in [0, 0.1) is 0 Å². The minimum absolute atomic E-state index is 0.116. The lowest BCUT2D eigenvalue weighted by Crippen LogP contribution is -2.50. The van der Waals surface area contributed by atoms with Crippen molar-refractivity contribution in [2.75, 3.05) is 7.11 Å². The molecule has 0 aromatic heterocycles. The van der Waals surface area contributed by atoms with Crippen LogP contribution in [0.3, 0.4) is 0 Å². The highest BCUT2D eigenvalue weighted by Crippen LogP contribution is 2.32. The molecular formula is C25H25NO4. The van der Waals surface area contributed by atoms with Crippen LogP contribution in [-0.4, -0.2) is 30.1 Å². The zero-order valence-electron chi connectivity index (χ0n) is 17.0. The third-order valence-corrected chi connectivity index (χ3v) is 5.38. The third-order valence-electron chi connectivity index (χ3n) is 5.38. The quantitative estimate of drug-likeness (QED) is 0.600. The Morgan fingerprint density at radius 1 is 0.900 bits per heavy atom. The number of benzene rings is 3. The molecule has 0 heterocycles. The lowest BCUT2D eigenvalue weighted by molar-refractivity contribution is -0.142. The van der Waals surface area contributed by atoms with Gasteiger partial charge in [-0.15, -0.1) is 0 Å². The average molecular weight is 403 g/mol. The first kappa shape index (κ1) is 21.1. The Hall–Kier alpha value is -3.60. The highest BCUT2D eigenvalue weighted by atomic mass is 16.5. The number of nitrogens with one attached hydrogen (secondary N) is 1. The number of rotatable bonds is 8. The summed E-state index contributed by atoms with van der Waals surface area (Å²) >= 11 is 0. The van der Waals surface area contributed by atoms with Crippen LogP contribution in [-0.2, 0) is 21.4 Å². The Morgan fingerprint density at radius 2 is 1.40 bits per heavy atom. The predicted molar refractivity (Wildman–Crippen MR) is 116 cm³/mol. The molecule has 0 saturated heterocycles. The zero-order chi connectivity index (χ0) is 21.6. The van der Waals surface area contributed by atoms with Crippen molar-refractivity contribution < 1.29 is 19.4 Å². The minimum Gasteiger partial charge on any atom is -0.496 e. The number of carboxylic acids is 1. The van der Waals surface area contributed by atoms with Crippen LogP contribution in [0.4, 0.5) is 0 Å². The molecule has 0 spiro atoms. The van der Waals surface area contributed by atoms with Gasteiger partial charge in [-0.05, 0) is 29.7 Å². The number of carbonyl (C=O) groups is 2. The molecule has 1 atom stereocenters. The Bertz CT molecular complexity index is 962. The van der Waals surface area contributed by atoms with Crippen molar-refractivity contribution in [3.8, 4) is 5.75 Å². The number of carboxylic acid groups (broad SMARTS) is 1. The average Bonchev–Trinajstić information content (AvgIpc) is 2.79. The standard InChI is InChI=1S/C25H25NO4/c1-25(19-12-5-3-6-13-19,20-14-7-4-8-15-20)24(29)26-21(23(27)28)17-18-11-9-10-16-22(18)30-2/h3-16,21H,17H2,1-2H3,(H,26,29)(H,27,28)/t21-/m0/s1. The fourth-order valence-electron chi connectivity index (χ4n) is 3.57. The highest BCUT2D eigenvalue weighted by Gasteiger charge is 2.39. The number of hydrogen-bond donors (Lipinski definition) is 2. The number of ether oxygens (including phenoxy) is 1. The van der Waals surface area contributed by atoms with Gasteiger partial charge in [0.15, 0.2) is 0 Å². The molecule has 0 unspecified atom stereocenters. The summed E-state index contributed by atoms with van der Waals surface area (Å²) in [7, 11) is 1.54. The van der Waals surface area contributed by atoms with E-state index in [-0.39, 0.29) is 12.3 Å². The summed E-state index contributed by atoms with van der Waals surface area (Å²) in [6.07, 6.45) is 0.116. The van der Waals surface area contributed by atoms with Crippen LogP contribution < -0.4 is 10.1 Å². The van der Waals surface area contributed by atoms with E-state index in [1.165, 1.54) is 7.11 Å². The largest absolute Gasteiger partial charge is 0.496 e. The molecule has 0 saturated carbocycles. The van der Waals surface area contributed by atoms with E-state index in [0.29, 0.717) is 11.3 Å². The van der Waals surface area contributed by atoms with Gasteiger partial charge >= 0.3 is 5.97 Å². The molecule has 2 N–H and O–H groups in total. The van der Waals surface area contributed by atoms with Crippen molar-refractivity contribution in [1.29, 1.82) is 0 Å². The van der Waals surface area contributed by atoms with Gasteiger partial charge in [0, 0.05) is 6.42 Å². The third kappa shape index (κ3) is 4.35.